The van der Waals surface area contributed by atoms with Gasteiger partial charge < -0.3 is 10.4 Å². The van der Waals surface area contributed by atoms with Crippen molar-refractivity contribution in [3.05, 3.63) is 51.5 Å². The first-order valence-corrected chi connectivity index (χ1v) is 6.46. The number of pyridine rings is 1. The number of carbonyl (C=O) groups excluding carboxylic acids is 1. The van der Waals surface area contributed by atoms with E-state index in [1.807, 2.05) is 18.4 Å². The fourth-order valence-corrected chi connectivity index (χ4v) is 2.41. The van der Waals surface area contributed by atoms with E-state index in [0.29, 0.717) is 10.6 Å². The molecule has 5 nitrogen and oxygen atoms in total. The van der Waals surface area contributed by atoms with Gasteiger partial charge in [-0.1, -0.05) is 0 Å². The normalized spacial score (nSPS) is 10.2. The number of hydrogen-bond acceptors (Lipinski definition) is 4. The van der Waals surface area contributed by atoms with Crippen LogP contribution in [0.3, 0.4) is 0 Å². The number of thiophene rings is 1. The molecule has 0 radical (unpaired) electrons. The van der Waals surface area contributed by atoms with Crippen LogP contribution in [0, 0.1) is 6.92 Å². The molecule has 0 bridgehead atoms. The molecule has 98 valence electrons. The van der Waals surface area contributed by atoms with E-state index in [2.05, 4.69) is 10.3 Å². The fourth-order valence-electron chi connectivity index (χ4n) is 1.56. The lowest BCUT2D eigenvalue weighted by atomic mass is 10.2. The lowest BCUT2D eigenvalue weighted by Crippen LogP contribution is -2.23. The van der Waals surface area contributed by atoms with Crippen LogP contribution >= 0.6 is 11.3 Å². The maximum absolute atomic E-state index is 11.9. The fraction of sp³-hybridized carbons (Fsp3) is 0.154. The largest absolute Gasteiger partial charge is 0.478 e. The number of hydrogen-bond donors (Lipinski definition) is 2. The highest BCUT2D eigenvalue weighted by Crippen LogP contribution is 2.15. The van der Waals surface area contributed by atoms with Crippen molar-refractivity contribution < 1.29 is 14.7 Å². The van der Waals surface area contributed by atoms with Gasteiger partial charge in [0.1, 0.15) is 0 Å². The Morgan fingerprint density at radius 2 is 2.21 bits per heavy atom. The van der Waals surface area contributed by atoms with Crippen LogP contribution in [-0.4, -0.2) is 22.0 Å². The first kappa shape index (κ1) is 13.2. The van der Waals surface area contributed by atoms with Crippen LogP contribution in [0.2, 0.25) is 0 Å². The zero-order chi connectivity index (χ0) is 13.8. The lowest BCUT2D eigenvalue weighted by molar-refractivity contribution is 0.0696. The van der Waals surface area contributed by atoms with Gasteiger partial charge in [0.05, 0.1) is 22.7 Å². The van der Waals surface area contributed by atoms with E-state index in [4.69, 9.17) is 5.11 Å². The van der Waals surface area contributed by atoms with E-state index >= 15 is 0 Å². The van der Waals surface area contributed by atoms with Gasteiger partial charge in [-0.25, -0.2) is 4.79 Å². The minimum absolute atomic E-state index is 0.159. The highest BCUT2D eigenvalue weighted by Gasteiger charge is 2.10. The van der Waals surface area contributed by atoms with Gasteiger partial charge in [0.2, 0.25) is 0 Å². The summed E-state index contributed by atoms with van der Waals surface area (Å²) in [5.41, 5.74) is 1.60. The number of carboxylic acids is 1. The van der Waals surface area contributed by atoms with Crippen molar-refractivity contribution in [2.45, 2.75) is 13.5 Å². The number of aromatic nitrogens is 1. The molecule has 2 N–H and O–H groups in total. The van der Waals surface area contributed by atoms with E-state index in [1.165, 1.54) is 29.7 Å². The first-order valence-electron chi connectivity index (χ1n) is 5.58. The summed E-state index contributed by atoms with van der Waals surface area (Å²) in [5.74, 6) is -1.18. The molecule has 6 heteroatoms. The molecule has 0 aliphatic heterocycles. The number of aromatic carboxylic acids is 1. The van der Waals surface area contributed by atoms with Crippen molar-refractivity contribution in [3.8, 4) is 0 Å². The minimum atomic E-state index is -1.01. The number of carbonyl (C=O) groups is 2. The Kier molecular flexibility index (Phi) is 3.91. The SMILES string of the molecule is Cc1ccsc1C(=O)NCc1cc(C(=O)O)ccn1. The van der Waals surface area contributed by atoms with Crippen LogP contribution < -0.4 is 5.32 Å². The molecule has 2 heterocycles. The van der Waals surface area contributed by atoms with Crippen LogP contribution in [-0.2, 0) is 6.54 Å². The first-order chi connectivity index (χ1) is 9.08. The van der Waals surface area contributed by atoms with Crippen LogP contribution in [0.4, 0.5) is 0 Å². The molecule has 0 unspecified atom stereocenters. The number of aryl methyl sites for hydroxylation is 1. The Balaban J connectivity index is 2.03. The summed E-state index contributed by atoms with van der Waals surface area (Å²) in [6.07, 6.45) is 1.42. The molecule has 0 aliphatic carbocycles. The van der Waals surface area contributed by atoms with Gasteiger partial charge in [0.25, 0.3) is 5.91 Å². The molecule has 0 aliphatic rings. The maximum Gasteiger partial charge on any atom is 0.335 e. The second-order valence-electron chi connectivity index (χ2n) is 3.96. The van der Waals surface area contributed by atoms with Gasteiger partial charge in [0, 0.05) is 6.20 Å². The number of carboxylic acid groups (broad SMARTS) is 1. The van der Waals surface area contributed by atoms with E-state index in [0.717, 1.165) is 5.56 Å². The number of nitrogens with one attached hydrogen (secondary N) is 1. The summed E-state index contributed by atoms with van der Waals surface area (Å²) in [5, 5.41) is 13.4. The van der Waals surface area contributed by atoms with Crippen LogP contribution in [0.5, 0.6) is 0 Å². The average Bonchev–Trinajstić information content (AvgIpc) is 2.82. The molecule has 1 amide bonds. The third-order valence-electron chi connectivity index (χ3n) is 2.56. The van der Waals surface area contributed by atoms with Crippen molar-refractivity contribution in [2.24, 2.45) is 0 Å². The van der Waals surface area contributed by atoms with Crippen LogP contribution in [0.15, 0.2) is 29.8 Å². The smallest absolute Gasteiger partial charge is 0.335 e. The van der Waals surface area contributed by atoms with Gasteiger partial charge in [-0.3, -0.25) is 9.78 Å². The summed E-state index contributed by atoms with van der Waals surface area (Å²) in [7, 11) is 0. The monoisotopic (exact) mass is 276 g/mol. The van der Waals surface area contributed by atoms with Crippen molar-refractivity contribution >= 4 is 23.2 Å². The second-order valence-corrected chi connectivity index (χ2v) is 4.87. The van der Waals surface area contributed by atoms with Crippen molar-refractivity contribution in [3.63, 3.8) is 0 Å². The Hall–Kier alpha value is -2.21. The third-order valence-corrected chi connectivity index (χ3v) is 3.58. The Morgan fingerprint density at radius 3 is 2.84 bits per heavy atom. The Morgan fingerprint density at radius 1 is 1.42 bits per heavy atom. The molecule has 0 atom stereocenters. The molecule has 0 saturated heterocycles. The molecule has 2 aromatic rings. The van der Waals surface area contributed by atoms with Gasteiger partial charge in [0.15, 0.2) is 0 Å². The lowest BCUT2D eigenvalue weighted by Gasteiger charge is -2.04. The van der Waals surface area contributed by atoms with Crippen LogP contribution in [0.25, 0.3) is 0 Å². The highest BCUT2D eigenvalue weighted by molar-refractivity contribution is 7.12. The predicted octanol–water partition coefficient (Wildman–Crippen LogP) is 2.08. The average molecular weight is 276 g/mol. The second kappa shape index (κ2) is 5.62. The summed E-state index contributed by atoms with van der Waals surface area (Å²) in [6.45, 7) is 2.08. The van der Waals surface area contributed by atoms with E-state index in [1.54, 1.807) is 0 Å². The molecule has 2 rings (SSSR count). The molecular weight excluding hydrogens is 264 g/mol. The van der Waals surface area contributed by atoms with Gasteiger partial charge in [-0.15, -0.1) is 11.3 Å². The van der Waals surface area contributed by atoms with E-state index < -0.39 is 5.97 Å². The Labute approximate surface area is 113 Å². The van der Waals surface area contributed by atoms with E-state index in [9.17, 15) is 9.59 Å². The van der Waals surface area contributed by atoms with Crippen molar-refractivity contribution in [1.29, 1.82) is 0 Å². The van der Waals surface area contributed by atoms with Gasteiger partial charge in [-0.05, 0) is 36.1 Å². The summed E-state index contributed by atoms with van der Waals surface area (Å²) in [6, 6.07) is 4.74. The van der Waals surface area contributed by atoms with Crippen molar-refractivity contribution in [2.75, 3.05) is 0 Å². The summed E-state index contributed by atoms with van der Waals surface area (Å²) in [4.78, 5) is 27.4. The van der Waals surface area contributed by atoms with E-state index in [-0.39, 0.29) is 18.0 Å². The van der Waals surface area contributed by atoms with Gasteiger partial charge in [-0.2, -0.15) is 0 Å². The molecule has 2 aromatic heterocycles. The molecule has 0 spiro atoms. The molecule has 0 aromatic carbocycles. The van der Waals surface area contributed by atoms with Crippen molar-refractivity contribution in [1.82, 2.24) is 10.3 Å². The zero-order valence-electron chi connectivity index (χ0n) is 10.2. The maximum atomic E-state index is 11.9. The molecular formula is C13H12N2O3S. The third kappa shape index (κ3) is 3.17. The number of amides is 1. The molecule has 0 fully saturated rings. The molecule has 19 heavy (non-hydrogen) atoms. The summed E-state index contributed by atoms with van der Waals surface area (Å²) >= 11 is 1.37. The highest BCUT2D eigenvalue weighted by atomic mass is 32.1. The van der Waals surface area contributed by atoms with Gasteiger partial charge >= 0.3 is 5.97 Å². The quantitative estimate of drug-likeness (QED) is 0.896. The number of nitrogens with zero attached hydrogens (tertiary/aromatic N) is 1. The topological polar surface area (TPSA) is 79.3 Å². The standard InChI is InChI=1S/C13H12N2O3S/c1-8-3-5-19-11(8)12(16)15-7-10-6-9(13(17)18)2-4-14-10/h2-6H,7H2,1H3,(H,15,16)(H,17,18). The Bertz CT molecular complexity index is 622. The van der Waals surface area contributed by atoms with Crippen LogP contribution in [0.1, 0.15) is 31.3 Å². The molecule has 0 saturated carbocycles. The minimum Gasteiger partial charge on any atom is -0.478 e. The predicted molar refractivity (Wildman–Crippen MR) is 71.4 cm³/mol. The number of rotatable bonds is 4. The zero-order valence-corrected chi connectivity index (χ0v) is 11.0. The summed E-state index contributed by atoms with van der Waals surface area (Å²) < 4.78 is 0.